The fraction of sp³-hybridized carbons (Fsp3) is 0.600. The van der Waals surface area contributed by atoms with E-state index in [0.29, 0.717) is 12.5 Å². The average Bonchev–Trinajstić information content (AvgIpc) is 2.51. The van der Waals surface area contributed by atoms with E-state index in [9.17, 15) is 21.6 Å². The van der Waals surface area contributed by atoms with Crippen molar-refractivity contribution in [2.45, 2.75) is 36.8 Å². The van der Waals surface area contributed by atoms with Gasteiger partial charge in [-0.05, 0) is 57.1 Å². The number of halogens is 4. The molecule has 0 atom stereocenters. The highest BCUT2D eigenvalue weighted by atomic mass is 35.5. The van der Waals surface area contributed by atoms with Gasteiger partial charge in [-0.25, -0.2) is 13.1 Å². The monoisotopic (exact) mass is 384 g/mol. The van der Waals surface area contributed by atoms with Crippen LogP contribution >= 0.6 is 11.6 Å². The van der Waals surface area contributed by atoms with Crippen LogP contribution in [0, 0.1) is 0 Å². The number of nitrogens with one attached hydrogen (secondary N) is 1. The Labute approximate surface area is 145 Å². The zero-order valence-corrected chi connectivity index (χ0v) is 14.6. The molecule has 0 bridgehead atoms. The molecule has 0 saturated carbocycles. The van der Waals surface area contributed by atoms with Crippen molar-refractivity contribution in [2.75, 3.05) is 26.2 Å². The Morgan fingerprint density at radius 1 is 1.17 bits per heavy atom. The fourth-order valence-corrected chi connectivity index (χ4v) is 4.18. The van der Waals surface area contributed by atoms with Crippen LogP contribution in [0.5, 0.6) is 0 Å². The normalized spacial score (nSPS) is 17.2. The molecule has 0 spiro atoms. The predicted molar refractivity (Wildman–Crippen MR) is 86.6 cm³/mol. The van der Waals surface area contributed by atoms with E-state index in [-0.39, 0.29) is 11.6 Å². The van der Waals surface area contributed by atoms with Gasteiger partial charge in [0, 0.05) is 11.6 Å². The van der Waals surface area contributed by atoms with Crippen LogP contribution in [0.1, 0.15) is 31.2 Å². The predicted octanol–water partition coefficient (Wildman–Crippen LogP) is 3.51. The molecule has 0 aliphatic carbocycles. The molecule has 4 nitrogen and oxygen atoms in total. The third-order valence-corrected chi connectivity index (χ3v) is 5.68. The van der Waals surface area contributed by atoms with Gasteiger partial charge in [0.25, 0.3) is 0 Å². The van der Waals surface area contributed by atoms with Crippen LogP contribution < -0.4 is 4.72 Å². The maximum atomic E-state index is 13.0. The zero-order valence-electron chi connectivity index (χ0n) is 13.1. The molecule has 1 aliphatic heterocycles. The van der Waals surface area contributed by atoms with Gasteiger partial charge in [0.2, 0.25) is 10.0 Å². The number of piperidine rings is 1. The lowest BCUT2D eigenvalue weighted by molar-refractivity contribution is -0.139. The molecule has 2 rings (SSSR count). The molecule has 0 unspecified atom stereocenters. The van der Waals surface area contributed by atoms with Gasteiger partial charge in [-0.2, -0.15) is 13.2 Å². The quantitative estimate of drug-likeness (QED) is 0.763. The number of nitrogens with zero attached hydrogens (tertiary/aromatic N) is 1. The second-order valence-corrected chi connectivity index (χ2v) is 7.96. The summed E-state index contributed by atoms with van der Waals surface area (Å²) >= 11 is 5.57. The van der Waals surface area contributed by atoms with Crippen molar-refractivity contribution < 1.29 is 21.6 Å². The van der Waals surface area contributed by atoms with Crippen molar-refractivity contribution in [1.29, 1.82) is 0 Å². The van der Waals surface area contributed by atoms with Crippen molar-refractivity contribution in [3.63, 3.8) is 0 Å². The summed E-state index contributed by atoms with van der Waals surface area (Å²) in [7, 11) is -4.24. The first-order valence-electron chi connectivity index (χ1n) is 7.79. The largest absolute Gasteiger partial charge is 0.417 e. The lowest BCUT2D eigenvalue weighted by atomic mass is 10.1. The maximum absolute atomic E-state index is 13.0. The van der Waals surface area contributed by atoms with E-state index in [4.69, 9.17) is 11.6 Å². The van der Waals surface area contributed by atoms with Gasteiger partial charge >= 0.3 is 6.18 Å². The van der Waals surface area contributed by atoms with Crippen LogP contribution in [0.25, 0.3) is 0 Å². The zero-order chi connectivity index (χ0) is 17.8. The molecule has 0 amide bonds. The molecular weight excluding hydrogens is 365 g/mol. The van der Waals surface area contributed by atoms with Crippen LogP contribution in [0.4, 0.5) is 13.2 Å². The van der Waals surface area contributed by atoms with Crippen molar-refractivity contribution >= 4 is 21.6 Å². The standard InChI is InChI=1S/C15H20ClF3N2O2S/c16-12-5-6-14(13(11-12)15(17,18)19)24(22,23)20-7-4-10-21-8-2-1-3-9-21/h5-6,11,20H,1-4,7-10H2. The van der Waals surface area contributed by atoms with Gasteiger partial charge in [-0.15, -0.1) is 0 Å². The van der Waals surface area contributed by atoms with Gasteiger partial charge in [-0.1, -0.05) is 18.0 Å². The third-order valence-electron chi connectivity index (χ3n) is 3.93. The topological polar surface area (TPSA) is 49.4 Å². The SMILES string of the molecule is O=S(=O)(NCCCN1CCCCC1)c1ccc(Cl)cc1C(F)(F)F. The van der Waals surface area contributed by atoms with Crippen molar-refractivity contribution in [3.05, 3.63) is 28.8 Å². The van der Waals surface area contributed by atoms with Crippen molar-refractivity contribution in [3.8, 4) is 0 Å². The Bertz CT molecular complexity index is 659. The Kier molecular flexibility index (Phi) is 6.52. The highest BCUT2D eigenvalue weighted by Crippen LogP contribution is 2.35. The van der Waals surface area contributed by atoms with Crippen LogP contribution in [0.2, 0.25) is 5.02 Å². The molecule has 0 radical (unpaired) electrons. The first-order valence-corrected chi connectivity index (χ1v) is 9.65. The lowest BCUT2D eigenvalue weighted by Gasteiger charge is -2.26. The van der Waals surface area contributed by atoms with Gasteiger partial charge in [0.1, 0.15) is 0 Å². The summed E-state index contributed by atoms with van der Waals surface area (Å²) in [6.45, 7) is 2.80. The van der Waals surface area contributed by atoms with Gasteiger partial charge in [0.05, 0.1) is 10.5 Å². The highest BCUT2D eigenvalue weighted by Gasteiger charge is 2.37. The summed E-state index contributed by atoms with van der Waals surface area (Å²) < 4.78 is 65.7. The molecule has 1 heterocycles. The molecule has 136 valence electrons. The molecule has 1 aliphatic rings. The summed E-state index contributed by atoms with van der Waals surface area (Å²) in [6, 6.07) is 2.65. The molecule has 0 aromatic heterocycles. The summed E-state index contributed by atoms with van der Waals surface area (Å²) in [5.74, 6) is 0. The maximum Gasteiger partial charge on any atom is 0.417 e. The van der Waals surface area contributed by atoms with E-state index in [1.54, 1.807) is 0 Å². The molecule has 24 heavy (non-hydrogen) atoms. The van der Waals surface area contributed by atoms with Gasteiger partial charge < -0.3 is 4.90 Å². The van der Waals surface area contributed by atoms with Gasteiger partial charge in [-0.3, -0.25) is 0 Å². The van der Waals surface area contributed by atoms with Crippen LogP contribution in [0.15, 0.2) is 23.1 Å². The average molecular weight is 385 g/mol. The van der Waals surface area contributed by atoms with Crippen LogP contribution in [-0.4, -0.2) is 39.5 Å². The number of alkyl halides is 3. The van der Waals surface area contributed by atoms with Crippen molar-refractivity contribution in [2.24, 2.45) is 0 Å². The Morgan fingerprint density at radius 2 is 1.83 bits per heavy atom. The summed E-state index contributed by atoms with van der Waals surface area (Å²) in [5, 5.41) is -0.161. The number of likely N-dealkylation sites (tertiary alicyclic amines) is 1. The Hall–Kier alpha value is -0.830. The second kappa shape index (κ2) is 8.03. The number of rotatable bonds is 6. The van der Waals surface area contributed by atoms with Crippen LogP contribution in [-0.2, 0) is 16.2 Å². The Balaban J connectivity index is 2.00. The second-order valence-electron chi connectivity index (χ2n) is 5.79. The van der Waals surface area contributed by atoms with E-state index in [1.165, 1.54) is 6.42 Å². The molecular formula is C15H20ClF3N2O2S. The summed E-state index contributed by atoms with van der Waals surface area (Å²) in [4.78, 5) is 1.44. The Morgan fingerprint density at radius 3 is 2.46 bits per heavy atom. The first kappa shape index (κ1) is 19.5. The van der Waals surface area contributed by atoms with Gasteiger partial charge in [0.15, 0.2) is 0 Å². The van der Waals surface area contributed by atoms with E-state index in [1.807, 2.05) is 0 Å². The molecule has 1 N–H and O–H groups in total. The number of sulfonamides is 1. The van der Waals surface area contributed by atoms with E-state index in [2.05, 4.69) is 9.62 Å². The van der Waals surface area contributed by atoms with Crippen LogP contribution in [0.3, 0.4) is 0 Å². The fourth-order valence-electron chi connectivity index (χ4n) is 2.73. The molecule has 1 saturated heterocycles. The third kappa shape index (κ3) is 5.34. The molecule has 1 fully saturated rings. The smallest absolute Gasteiger partial charge is 0.303 e. The number of hydrogen-bond acceptors (Lipinski definition) is 3. The van der Waals surface area contributed by atoms with E-state index >= 15 is 0 Å². The molecule has 9 heteroatoms. The molecule has 1 aromatic carbocycles. The van der Waals surface area contributed by atoms with E-state index < -0.39 is 26.7 Å². The summed E-state index contributed by atoms with van der Waals surface area (Å²) in [5.41, 5.74) is -1.25. The lowest BCUT2D eigenvalue weighted by Crippen LogP contribution is -2.33. The minimum absolute atomic E-state index is 0.0960. The first-order chi connectivity index (χ1) is 11.2. The molecule has 1 aromatic rings. The number of hydrogen-bond donors (Lipinski definition) is 1. The minimum atomic E-state index is -4.79. The minimum Gasteiger partial charge on any atom is -0.303 e. The summed E-state index contributed by atoms with van der Waals surface area (Å²) in [6.07, 6.45) is -0.770. The van der Waals surface area contributed by atoms with Crippen molar-refractivity contribution in [1.82, 2.24) is 9.62 Å². The van der Waals surface area contributed by atoms with E-state index in [0.717, 1.165) is 44.6 Å². The highest BCUT2D eigenvalue weighted by molar-refractivity contribution is 7.89. The number of benzene rings is 1.